The Bertz CT molecular complexity index is 979. The van der Waals surface area contributed by atoms with Crippen molar-refractivity contribution in [2.75, 3.05) is 19.0 Å². The third-order valence-electron chi connectivity index (χ3n) is 5.02. The molecule has 0 saturated heterocycles. The quantitative estimate of drug-likeness (QED) is 0.754. The Kier molecular flexibility index (Phi) is 4.81. The molecule has 0 fully saturated rings. The first kappa shape index (κ1) is 17.5. The first-order chi connectivity index (χ1) is 13.2. The zero-order chi connectivity index (χ0) is 18.8. The Labute approximate surface area is 158 Å². The van der Waals surface area contributed by atoms with E-state index in [0.717, 1.165) is 54.5 Å². The van der Waals surface area contributed by atoms with Gasteiger partial charge in [0, 0.05) is 37.3 Å². The number of carbonyl (C=O) groups is 1. The highest BCUT2D eigenvalue weighted by Gasteiger charge is 2.21. The topological polar surface area (TPSA) is 59.4 Å². The van der Waals surface area contributed by atoms with Gasteiger partial charge in [-0.2, -0.15) is 0 Å². The maximum atomic E-state index is 11.7. The van der Waals surface area contributed by atoms with Gasteiger partial charge in [0.25, 0.3) is 0 Å². The van der Waals surface area contributed by atoms with E-state index < -0.39 is 0 Å². The van der Waals surface area contributed by atoms with Crippen LogP contribution in [0.4, 0.5) is 5.69 Å². The molecule has 1 amide bonds. The van der Waals surface area contributed by atoms with Crippen molar-refractivity contribution in [3.8, 4) is 5.75 Å². The van der Waals surface area contributed by atoms with E-state index in [4.69, 9.17) is 9.72 Å². The lowest BCUT2D eigenvalue weighted by molar-refractivity contribution is -0.115. The molecule has 0 atom stereocenters. The van der Waals surface area contributed by atoms with Crippen LogP contribution in [0.5, 0.6) is 5.75 Å². The van der Waals surface area contributed by atoms with Crippen molar-refractivity contribution < 1.29 is 9.53 Å². The molecule has 3 aromatic rings. The number of amides is 1. The number of nitrogens with one attached hydrogen (secondary N) is 1. The summed E-state index contributed by atoms with van der Waals surface area (Å²) in [5.74, 6) is 1.94. The lowest BCUT2D eigenvalue weighted by Crippen LogP contribution is -2.33. The van der Waals surface area contributed by atoms with Crippen molar-refractivity contribution in [2.24, 2.45) is 0 Å². The van der Waals surface area contributed by atoms with E-state index in [9.17, 15) is 4.79 Å². The highest BCUT2D eigenvalue weighted by molar-refractivity contribution is 5.90. The number of anilines is 1. The zero-order valence-electron chi connectivity index (χ0n) is 15.7. The van der Waals surface area contributed by atoms with Crippen molar-refractivity contribution in [2.45, 2.75) is 33.0 Å². The minimum atomic E-state index is 0.0119. The minimum Gasteiger partial charge on any atom is -0.496 e. The van der Waals surface area contributed by atoms with Gasteiger partial charge in [-0.05, 0) is 30.3 Å². The van der Waals surface area contributed by atoms with E-state index >= 15 is 0 Å². The molecule has 1 aromatic heterocycles. The highest BCUT2D eigenvalue weighted by Crippen LogP contribution is 2.27. The fraction of sp³-hybridized carbons (Fsp3) is 0.333. The van der Waals surface area contributed by atoms with Crippen molar-refractivity contribution in [3.63, 3.8) is 0 Å². The predicted octanol–water partition coefficient (Wildman–Crippen LogP) is 3.41. The van der Waals surface area contributed by atoms with Gasteiger partial charge in [-0.1, -0.05) is 19.1 Å². The maximum absolute atomic E-state index is 11.7. The number of benzene rings is 2. The second-order valence-electron chi connectivity index (χ2n) is 6.81. The lowest BCUT2D eigenvalue weighted by atomic mass is 10.1. The third kappa shape index (κ3) is 3.53. The maximum Gasteiger partial charge on any atom is 0.224 e. The first-order valence-corrected chi connectivity index (χ1v) is 9.31. The summed E-state index contributed by atoms with van der Waals surface area (Å²) in [6.45, 7) is 5.26. The summed E-state index contributed by atoms with van der Waals surface area (Å²) in [5, 5.41) is 2.92. The van der Waals surface area contributed by atoms with Crippen LogP contribution in [0.1, 0.15) is 24.7 Å². The van der Waals surface area contributed by atoms with Gasteiger partial charge in [-0.25, -0.2) is 4.98 Å². The van der Waals surface area contributed by atoms with Crippen LogP contribution in [0.3, 0.4) is 0 Å². The lowest BCUT2D eigenvalue weighted by Gasteiger charge is -2.28. The Hall–Kier alpha value is -2.86. The summed E-state index contributed by atoms with van der Waals surface area (Å²) >= 11 is 0. The van der Waals surface area contributed by atoms with Gasteiger partial charge in [0.05, 0.1) is 24.7 Å². The standard InChI is InChI=1S/C21H24N4O2/c1-3-21(26)22-16-8-9-19(27-2)15(12-16)13-24-10-11-25-18-7-5-4-6-17(18)23-20(25)14-24/h4-9,12H,3,10-11,13-14H2,1-2H3,(H,22,26). The van der Waals surface area contributed by atoms with Crippen LogP contribution in [0.2, 0.25) is 0 Å². The van der Waals surface area contributed by atoms with Crippen LogP contribution in [0.25, 0.3) is 11.0 Å². The molecule has 27 heavy (non-hydrogen) atoms. The number of methoxy groups -OCH3 is 1. The molecular weight excluding hydrogens is 340 g/mol. The Morgan fingerprint density at radius 1 is 1.22 bits per heavy atom. The number of hydrogen-bond acceptors (Lipinski definition) is 4. The number of carbonyl (C=O) groups excluding carboxylic acids is 1. The molecular formula is C21H24N4O2. The van der Waals surface area contributed by atoms with Crippen molar-refractivity contribution in [1.29, 1.82) is 0 Å². The number of nitrogens with zero attached hydrogens (tertiary/aromatic N) is 3. The summed E-state index contributed by atoms with van der Waals surface area (Å²) in [6.07, 6.45) is 0.462. The normalized spacial score (nSPS) is 14.1. The fourth-order valence-electron chi connectivity index (χ4n) is 3.62. The first-order valence-electron chi connectivity index (χ1n) is 9.31. The SMILES string of the molecule is CCC(=O)Nc1ccc(OC)c(CN2CCn3c(nc4ccccc43)C2)c1. The molecule has 1 N–H and O–H groups in total. The van der Waals surface area contributed by atoms with Gasteiger partial charge in [-0.15, -0.1) is 0 Å². The molecule has 0 spiro atoms. The van der Waals surface area contributed by atoms with Gasteiger partial charge >= 0.3 is 0 Å². The van der Waals surface area contributed by atoms with Gasteiger partial charge in [-0.3, -0.25) is 9.69 Å². The molecule has 0 bridgehead atoms. The van der Waals surface area contributed by atoms with Gasteiger partial charge < -0.3 is 14.6 Å². The van der Waals surface area contributed by atoms with Gasteiger partial charge in [0.1, 0.15) is 11.6 Å². The molecule has 0 aliphatic carbocycles. The van der Waals surface area contributed by atoms with Crippen LogP contribution in [0, 0.1) is 0 Å². The van der Waals surface area contributed by atoms with Crippen LogP contribution in [-0.4, -0.2) is 34.0 Å². The number of para-hydroxylation sites is 2. The number of ether oxygens (including phenoxy) is 1. The minimum absolute atomic E-state index is 0.0119. The molecule has 2 heterocycles. The summed E-state index contributed by atoms with van der Waals surface area (Å²) in [5.41, 5.74) is 4.13. The fourth-order valence-corrected chi connectivity index (χ4v) is 3.62. The number of imidazole rings is 1. The molecule has 1 aliphatic heterocycles. The number of rotatable bonds is 5. The summed E-state index contributed by atoms with van der Waals surface area (Å²) in [4.78, 5) is 18.9. The number of aromatic nitrogens is 2. The monoisotopic (exact) mass is 364 g/mol. The van der Waals surface area contributed by atoms with Gasteiger partial charge in [0.2, 0.25) is 5.91 Å². The highest BCUT2D eigenvalue weighted by atomic mass is 16.5. The Balaban J connectivity index is 1.55. The largest absolute Gasteiger partial charge is 0.496 e. The molecule has 140 valence electrons. The average Bonchev–Trinajstić information content (AvgIpc) is 3.06. The second kappa shape index (κ2) is 7.40. The number of fused-ring (bicyclic) bond motifs is 3. The van der Waals surface area contributed by atoms with E-state index in [1.54, 1.807) is 7.11 Å². The smallest absolute Gasteiger partial charge is 0.224 e. The Morgan fingerprint density at radius 2 is 2.07 bits per heavy atom. The zero-order valence-corrected chi connectivity index (χ0v) is 15.7. The van der Waals surface area contributed by atoms with E-state index in [-0.39, 0.29) is 5.91 Å². The predicted molar refractivity (Wildman–Crippen MR) is 106 cm³/mol. The molecule has 6 heteroatoms. The van der Waals surface area contributed by atoms with Crippen molar-refractivity contribution >= 4 is 22.6 Å². The molecule has 0 saturated carbocycles. The third-order valence-corrected chi connectivity index (χ3v) is 5.02. The van der Waals surface area contributed by atoms with Crippen molar-refractivity contribution in [3.05, 3.63) is 53.9 Å². The number of hydrogen-bond donors (Lipinski definition) is 1. The summed E-state index contributed by atoms with van der Waals surface area (Å²) < 4.78 is 7.84. The molecule has 4 rings (SSSR count). The van der Waals surface area contributed by atoms with E-state index in [2.05, 4.69) is 33.0 Å². The Morgan fingerprint density at radius 3 is 2.89 bits per heavy atom. The average molecular weight is 364 g/mol. The molecule has 0 unspecified atom stereocenters. The van der Waals surface area contributed by atoms with Crippen molar-refractivity contribution in [1.82, 2.24) is 14.5 Å². The molecule has 1 aliphatic rings. The van der Waals surface area contributed by atoms with Crippen LogP contribution in [0.15, 0.2) is 42.5 Å². The van der Waals surface area contributed by atoms with E-state index in [1.807, 2.05) is 31.2 Å². The molecule has 0 radical (unpaired) electrons. The van der Waals surface area contributed by atoms with Crippen LogP contribution in [-0.2, 0) is 24.4 Å². The summed E-state index contributed by atoms with van der Waals surface area (Å²) in [6, 6.07) is 14.1. The van der Waals surface area contributed by atoms with Gasteiger partial charge in [0.15, 0.2) is 0 Å². The van der Waals surface area contributed by atoms with Crippen LogP contribution < -0.4 is 10.1 Å². The van der Waals surface area contributed by atoms with Crippen LogP contribution >= 0.6 is 0 Å². The second-order valence-corrected chi connectivity index (χ2v) is 6.81. The molecule has 2 aromatic carbocycles. The van der Waals surface area contributed by atoms with E-state index in [1.165, 1.54) is 5.52 Å². The van der Waals surface area contributed by atoms with E-state index in [0.29, 0.717) is 6.42 Å². The summed E-state index contributed by atoms with van der Waals surface area (Å²) in [7, 11) is 1.68. The molecule has 6 nitrogen and oxygen atoms in total.